The summed E-state index contributed by atoms with van der Waals surface area (Å²) in [5, 5.41) is 3.12. The van der Waals surface area contributed by atoms with Crippen LogP contribution >= 0.6 is 23.2 Å². The third kappa shape index (κ3) is 7.50. The normalized spacial score (nSPS) is 12.9. The lowest BCUT2D eigenvalue weighted by molar-refractivity contribution is -0.139. The molecule has 208 valence electrons. The highest BCUT2D eigenvalue weighted by Crippen LogP contribution is 2.33. The third-order valence-electron chi connectivity index (χ3n) is 6.26. The Morgan fingerprint density at radius 1 is 0.974 bits per heavy atom. The number of nitrogens with zero attached hydrogens (tertiary/aromatic N) is 2. The molecule has 3 rings (SSSR count). The van der Waals surface area contributed by atoms with E-state index in [-0.39, 0.29) is 38.8 Å². The Hall–Kier alpha value is -3.14. The highest BCUT2D eigenvalue weighted by Gasteiger charge is 2.33. The monoisotopic (exact) mass is 593 g/mol. The van der Waals surface area contributed by atoms with Crippen LogP contribution in [0.3, 0.4) is 0 Å². The molecule has 0 saturated carbocycles. The van der Waals surface area contributed by atoms with Crippen LogP contribution in [0.4, 0.5) is 10.1 Å². The molecule has 7 nitrogen and oxygen atoms in total. The number of hydrogen-bond acceptors (Lipinski definition) is 4. The molecule has 0 unspecified atom stereocenters. The average Bonchev–Trinajstić information content (AvgIpc) is 2.91. The maximum Gasteiger partial charge on any atom is 0.264 e. The van der Waals surface area contributed by atoms with Crippen LogP contribution in [0.25, 0.3) is 0 Å². The van der Waals surface area contributed by atoms with Gasteiger partial charge < -0.3 is 10.2 Å². The molecule has 2 amide bonds. The number of carbonyl (C=O) groups excluding carboxylic acids is 2. The van der Waals surface area contributed by atoms with E-state index in [9.17, 15) is 22.4 Å². The molecule has 0 aromatic heterocycles. The maximum atomic E-state index is 14.6. The lowest BCUT2D eigenvalue weighted by atomic mass is 10.1. The van der Waals surface area contributed by atoms with Crippen molar-refractivity contribution in [2.75, 3.05) is 10.8 Å². The van der Waals surface area contributed by atoms with Gasteiger partial charge in [0.1, 0.15) is 18.4 Å². The van der Waals surface area contributed by atoms with E-state index >= 15 is 0 Å². The van der Waals surface area contributed by atoms with Gasteiger partial charge in [-0.15, -0.1) is 0 Å². The van der Waals surface area contributed by atoms with Gasteiger partial charge in [-0.1, -0.05) is 66.5 Å². The van der Waals surface area contributed by atoms with E-state index in [1.165, 1.54) is 55.5 Å². The van der Waals surface area contributed by atoms with Gasteiger partial charge in [0.05, 0.1) is 15.6 Å². The Morgan fingerprint density at radius 2 is 1.62 bits per heavy atom. The van der Waals surface area contributed by atoms with Gasteiger partial charge in [0.2, 0.25) is 11.8 Å². The Morgan fingerprint density at radius 3 is 2.23 bits per heavy atom. The minimum absolute atomic E-state index is 0.0121. The van der Waals surface area contributed by atoms with Gasteiger partial charge in [0, 0.05) is 23.2 Å². The van der Waals surface area contributed by atoms with E-state index in [0.29, 0.717) is 6.42 Å². The van der Waals surface area contributed by atoms with Crippen LogP contribution in [0.15, 0.2) is 77.7 Å². The topological polar surface area (TPSA) is 86.8 Å². The highest BCUT2D eigenvalue weighted by atomic mass is 35.5. The molecule has 0 aliphatic rings. The first-order chi connectivity index (χ1) is 18.4. The second kappa shape index (κ2) is 13.3. The fraction of sp³-hybridized carbons (Fsp3) is 0.286. The summed E-state index contributed by atoms with van der Waals surface area (Å²) in [5.74, 6) is -1.73. The van der Waals surface area contributed by atoms with E-state index in [2.05, 4.69) is 5.32 Å². The van der Waals surface area contributed by atoms with Gasteiger partial charge in [-0.2, -0.15) is 0 Å². The molecule has 0 heterocycles. The molecule has 3 aromatic rings. The molecule has 0 aliphatic carbocycles. The second-order valence-corrected chi connectivity index (χ2v) is 11.7. The number of sulfonamides is 1. The van der Waals surface area contributed by atoms with Gasteiger partial charge in [-0.25, -0.2) is 12.8 Å². The molecular formula is C28H30Cl2FN3O4S. The SMILES string of the molecule is CC[C@H](C)NC(=O)[C@@H](C)N(Cc1ccccc1F)C(=O)CN(c1ccc(Cl)cc1Cl)S(=O)(=O)c1ccccc1. The molecule has 0 spiro atoms. The van der Waals surface area contributed by atoms with Crippen molar-refractivity contribution in [3.8, 4) is 0 Å². The predicted molar refractivity (Wildman–Crippen MR) is 152 cm³/mol. The molecule has 0 aliphatic heterocycles. The van der Waals surface area contributed by atoms with E-state index in [4.69, 9.17) is 23.2 Å². The van der Waals surface area contributed by atoms with Crippen LogP contribution in [0, 0.1) is 5.82 Å². The number of carbonyl (C=O) groups is 2. The van der Waals surface area contributed by atoms with Gasteiger partial charge in [-0.05, 0) is 56.7 Å². The van der Waals surface area contributed by atoms with Crippen molar-refractivity contribution in [1.82, 2.24) is 10.2 Å². The first kappa shape index (κ1) is 30.4. The largest absolute Gasteiger partial charge is 0.352 e. The number of rotatable bonds is 11. The van der Waals surface area contributed by atoms with Gasteiger partial charge in [-0.3, -0.25) is 13.9 Å². The van der Waals surface area contributed by atoms with E-state index in [1.54, 1.807) is 24.3 Å². The minimum Gasteiger partial charge on any atom is -0.352 e. The summed E-state index contributed by atoms with van der Waals surface area (Å²) in [4.78, 5) is 28.0. The number of benzene rings is 3. The third-order valence-corrected chi connectivity index (χ3v) is 8.57. The van der Waals surface area contributed by atoms with Crippen molar-refractivity contribution < 1.29 is 22.4 Å². The quantitative estimate of drug-likeness (QED) is 0.311. The molecule has 0 saturated heterocycles. The van der Waals surface area contributed by atoms with Gasteiger partial charge in [0.15, 0.2) is 0 Å². The van der Waals surface area contributed by atoms with Crippen molar-refractivity contribution >= 4 is 50.7 Å². The van der Waals surface area contributed by atoms with Crippen LogP contribution in [-0.2, 0) is 26.2 Å². The Balaban J connectivity index is 2.06. The number of halogens is 3. The maximum absolute atomic E-state index is 14.6. The Kier molecular flexibility index (Phi) is 10.4. The van der Waals surface area contributed by atoms with Crippen LogP contribution in [0.1, 0.15) is 32.8 Å². The summed E-state index contributed by atoms with van der Waals surface area (Å²) in [5.41, 5.74) is 0.205. The molecule has 39 heavy (non-hydrogen) atoms. The zero-order valence-electron chi connectivity index (χ0n) is 21.8. The number of amides is 2. The molecule has 0 radical (unpaired) electrons. The van der Waals surface area contributed by atoms with E-state index in [1.807, 2.05) is 13.8 Å². The molecular weight excluding hydrogens is 564 g/mol. The molecule has 0 fully saturated rings. The standard InChI is InChI=1S/C28H30Cl2FN3O4S/c1-4-19(2)32-28(36)20(3)33(17-21-10-8-9-13-25(21)31)27(35)18-34(26-15-14-22(29)16-24(26)30)39(37,38)23-11-6-5-7-12-23/h5-16,19-20H,4,17-18H2,1-3H3,(H,32,36)/t19-,20+/m0/s1. The zero-order chi connectivity index (χ0) is 28.7. The fourth-order valence-corrected chi connectivity index (χ4v) is 5.79. The summed E-state index contributed by atoms with van der Waals surface area (Å²) >= 11 is 12.4. The number of nitrogens with one attached hydrogen (secondary N) is 1. The zero-order valence-corrected chi connectivity index (χ0v) is 24.1. The fourth-order valence-electron chi connectivity index (χ4n) is 3.77. The lowest BCUT2D eigenvalue weighted by Crippen LogP contribution is -2.52. The summed E-state index contributed by atoms with van der Waals surface area (Å²) in [6.07, 6.45) is 0.665. The van der Waals surface area contributed by atoms with Crippen LogP contribution in [0.2, 0.25) is 10.0 Å². The summed E-state index contributed by atoms with van der Waals surface area (Å²) in [7, 11) is -4.28. The molecule has 11 heteroatoms. The average molecular weight is 595 g/mol. The van der Waals surface area contributed by atoms with Crippen LogP contribution < -0.4 is 9.62 Å². The van der Waals surface area contributed by atoms with Crippen molar-refractivity contribution in [2.45, 2.75) is 50.7 Å². The summed E-state index contributed by atoms with van der Waals surface area (Å²) < 4.78 is 43.0. The molecule has 1 N–H and O–H groups in total. The predicted octanol–water partition coefficient (Wildman–Crippen LogP) is 5.66. The molecule has 2 atom stereocenters. The molecule has 0 bridgehead atoms. The van der Waals surface area contributed by atoms with Crippen molar-refractivity contribution in [2.24, 2.45) is 0 Å². The van der Waals surface area contributed by atoms with Gasteiger partial charge >= 0.3 is 0 Å². The second-order valence-electron chi connectivity index (χ2n) is 9.03. The van der Waals surface area contributed by atoms with Crippen molar-refractivity contribution in [3.05, 3.63) is 94.2 Å². The Bertz CT molecular complexity index is 1420. The van der Waals surface area contributed by atoms with E-state index < -0.39 is 40.2 Å². The van der Waals surface area contributed by atoms with Crippen molar-refractivity contribution in [1.29, 1.82) is 0 Å². The van der Waals surface area contributed by atoms with Crippen LogP contribution in [-0.4, -0.2) is 43.8 Å². The summed E-state index contributed by atoms with van der Waals surface area (Å²) in [6, 6.07) is 16.5. The summed E-state index contributed by atoms with van der Waals surface area (Å²) in [6.45, 7) is 4.29. The van der Waals surface area contributed by atoms with Gasteiger partial charge in [0.25, 0.3) is 10.0 Å². The first-order valence-electron chi connectivity index (χ1n) is 12.3. The number of hydrogen-bond donors (Lipinski definition) is 1. The Labute approximate surface area is 238 Å². The first-order valence-corrected chi connectivity index (χ1v) is 14.5. The minimum atomic E-state index is -4.28. The van der Waals surface area contributed by atoms with E-state index in [0.717, 1.165) is 9.21 Å². The van der Waals surface area contributed by atoms with Crippen LogP contribution in [0.5, 0.6) is 0 Å². The van der Waals surface area contributed by atoms with Crippen molar-refractivity contribution in [3.63, 3.8) is 0 Å². The molecule has 3 aromatic carbocycles. The lowest BCUT2D eigenvalue weighted by Gasteiger charge is -2.32. The number of anilines is 1. The highest BCUT2D eigenvalue weighted by molar-refractivity contribution is 7.92. The smallest absolute Gasteiger partial charge is 0.264 e.